The van der Waals surface area contributed by atoms with Gasteiger partial charge < -0.3 is 15.9 Å². The highest BCUT2D eigenvalue weighted by Crippen LogP contribution is 2.77. The van der Waals surface area contributed by atoms with Gasteiger partial charge in [0.15, 0.2) is 0 Å². The van der Waals surface area contributed by atoms with Gasteiger partial charge in [-0.05, 0) is 153 Å². The van der Waals surface area contributed by atoms with E-state index in [1.165, 1.54) is 24.2 Å². The summed E-state index contributed by atoms with van der Waals surface area (Å²) >= 11 is 0. The summed E-state index contributed by atoms with van der Waals surface area (Å²) in [5.41, 5.74) is 7.00. The van der Waals surface area contributed by atoms with Gasteiger partial charge in [0.2, 0.25) is 11.8 Å². The van der Waals surface area contributed by atoms with E-state index in [4.69, 9.17) is 5.73 Å². The summed E-state index contributed by atoms with van der Waals surface area (Å²) in [6.07, 6.45) is 18.4. The van der Waals surface area contributed by atoms with E-state index in [0.29, 0.717) is 29.7 Å². The van der Waals surface area contributed by atoms with Crippen molar-refractivity contribution in [3.63, 3.8) is 0 Å². The summed E-state index contributed by atoms with van der Waals surface area (Å²) < 4.78 is 0. The number of carbonyl (C=O) groups is 3. The Hall–Kier alpha value is -2.51. The van der Waals surface area contributed by atoms with Crippen molar-refractivity contribution in [1.82, 2.24) is 4.90 Å². The van der Waals surface area contributed by atoms with Crippen molar-refractivity contribution in [3.05, 3.63) is 47.5 Å². The second kappa shape index (κ2) is 16.6. The molecular formula is C49H76N2O5. The van der Waals surface area contributed by atoms with Crippen LogP contribution in [0.1, 0.15) is 179 Å². The van der Waals surface area contributed by atoms with Gasteiger partial charge in [0, 0.05) is 6.42 Å². The predicted molar refractivity (Wildman–Crippen MR) is 225 cm³/mol. The Morgan fingerprint density at radius 3 is 2.11 bits per heavy atom. The fraction of sp³-hybridized carbons (Fsp3) is 0.776. The summed E-state index contributed by atoms with van der Waals surface area (Å²) in [5, 5.41) is 21.3. The number of aliphatic hydroxyl groups excluding tert-OH is 1. The van der Waals surface area contributed by atoms with Crippen LogP contribution in [-0.4, -0.2) is 45.5 Å². The molecule has 5 saturated carbocycles. The summed E-state index contributed by atoms with van der Waals surface area (Å²) in [7, 11) is 0. The number of nitrogens with two attached hydrogens (primary N) is 1. The van der Waals surface area contributed by atoms with Crippen LogP contribution in [-0.2, 0) is 16.1 Å². The number of carbonyl (C=O) groups excluding carboxylic acids is 2. The standard InChI is InChI=1S/C49H76N2O5/c1-33(2)35-23-28-49(44(56)51(32-34-18-15-16-19-36(34)43(54)55)41(53)20-14-12-10-8-9-11-13-17-31-50)30-29-47(6)37(42(35)49)21-22-39-46(5)26-25-40(52)45(3,4)38(46)24-27-48(39,47)7/h15-16,18-19,35,37-40,42,52H,1,8-14,17,20-32,50H2,2-7H3,(H,54,55)/t35-,37+,38-,39?,40-,42+,46-,47+,48+,49-/m0/s1. The number of benzene rings is 1. The predicted octanol–water partition coefficient (Wildman–Crippen LogP) is 10.7. The Bertz CT molecular complexity index is 1620. The third kappa shape index (κ3) is 7.26. The van der Waals surface area contributed by atoms with Gasteiger partial charge in [-0.1, -0.05) is 103 Å². The molecule has 1 aromatic carbocycles. The zero-order chi connectivity index (χ0) is 40.7. The third-order valence-electron chi connectivity index (χ3n) is 17.9. The lowest BCUT2D eigenvalue weighted by Gasteiger charge is -2.72. The molecule has 0 aromatic heterocycles. The zero-order valence-electron chi connectivity index (χ0n) is 36.0. The molecule has 4 N–H and O–H groups in total. The number of aliphatic hydroxyl groups is 1. The molecule has 5 aliphatic carbocycles. The summed E-state index contributed by atoms with van der Waals surface area (Å²) in [6, 6.07) is 6.87. The van der Waals surface area contributed by atoms with E-state index in [9.17, 15) is 19.8 Å². The highest BCUT2D eigenvalue weighted by Gasteiger charge is 2.72. The first-order valence-corrected chi connectivity index (χ1v) is 22.7. The molecule has 0 aliphatic heterocycles. The molecule has 1 aromatic rings. The molecule has 1 unspecified atom stereocenters. The monoisotopic (exact) mass is 773 g/mol. The van der Waals surface area contributed by atoms with Crippen molar-refractivity contribution in [2.45, 2.75) is 176 Å². The van der Waals surface area contributed by atoms with Gasteiger partial charge in [-0.15, -0.1) is 0 Å². The Kier molecular flexibility index (Phi) is 12.8. The van der Waals surface area contributed by atoms with Crippen molar-refractivity contribution >= 4 is 17.8 Å². The van der Waals surface area contributed by atoms with Crippen molar-refractivity contribution < 1.29 is 24.6 Å². The minimum Gasteiger partial charge on any atom is -0.478 e. The number of amides is 2. The van der Waals surface area contributed by atoms with Crippen LogP contribution in [0.5, 0.6) is 0 Å². The maximum absolute atomic E-state index is 15.6. The molecule has 7 heteroatoms. The largest absolute Gasteiger partial charge is 0.478 e. The van der Waals surface area contributed by atoms with Crippen LogP contribution in [0, 0.1) is 56.7 Å². The Balaban J connectivity index is 1.29. The maximum atomic E-state index is 15.6. The number of hydrogen-bond acceptors (Lipinski definition) is 5. The van der Waals surface area contributed by atoms with Gasteiger partial charge in [-0.3, -0.25) is 14.5 Å². The van der Waals surface area contributed by atoms with Crippen molar-refractivity contribution in [2.75, 3.05) is 6.54 Å². The molecule has 56 heavy (non-hydrogen) atoms. The number of nitrogens with zero attached hydrogens (tertiary/aromatic N) is 1. The van der Waals surface area contributed by atoms with Gasteiger partial charge in [0.05, 0.1) is 23.6 Å². The van der Waals surface area contributed by atoms with Crippen LogP contribution in [0.25, 0.3) is 0 Å². The van der Waals surface area contributed by atoms with E-state index in [-0.39, 0.29) is 63.5 Å². The van der Waals surface area contributed by atoms with Crippen LogP contribution in [0.15, 0.2) is 36.4 Å². The number of aromatic carboxylic acids is 1. The van der Waals surface area contributed by atoms with E-state index in [2.05, 4.69) is 48.1 Å². The second-order valence-corrected chi connectivity index (χ2v) is 20.8. The number of rotatable bonds is 15. The highest BCUT2D eigenvalue weighted by molar-refractivity contribution is 5.99. The number of hydrogen-bond donors (Lipinski definition) is 3. The van der Waals surface area contributed by atoms with Crippen molar-refractivity contribution in [3.8, 4) is 0 Å². The topological polar surface area (TPSA) is 121 Å². The normalized spacial score (nSPS) is 37.1. The van der Waals surface area contributed by atoms with Crippen LogP contribution < -0.4 is 5.73 Å². The van der Waals surface area contributed by atoms with Crippen LogP contribution in [0.2, 0.25) is 0 Å². The highest BCUT2D eigenvalue weighted by atomic mass is 16.4. The molecule has 6 rings (SSSR count). The summed E-state index contributed by atoms with van der Waals surface area (Å²) in [4.78, 5) is 44.0. The number of carboxylic acids is 1. The Morgan fingerprint density at radius 2 is 1.45 bits per heavy atom. The lowest BCUT2D eigenvalue weighted by atomic mass is 9.32. The third-order valence-corrected chi connectivity index (χ3v) is 17.9. The fourth-order valence-electron chi connectivity index (χ4n) is 14.7. The van der Waals surface area contributed by atoms with E-state index in [0.717, 1.165) is 108 Å². The molecule has 0 spiro atoms. The van der Waals surface area contributed by atoms with Crippen LogP contribution >= 0.6 is 0 Å². The minimum atomic E-state index is -1.04. The Labute approximate surface area is 339 Å². The Morgan fingerprint density at radius 1 is 0.786 bits per heavy atom. The van der Waals surface area contributed by atoms with E-state index in [1.807, 2.05) is 6.07 Å². The maximum Gasteiger partial charge on any atom is 0.336 e. The first kappa shape index (κ1) is 43.1. The molecule has 0 saturated heterocycles. The molecule has 2 amide bonds. The van der Waals surface area contributed by atoms with Gasteiger partial charge >= 0.3 is 5.97 Å². The minimum absolute atomic E-state index is 0.00338. The van der Waals surface area contributed by atoms with Gasteiger partial charge in [0.1, 0.15) is 0 Å². The molecule has 7 nitrogen and oxygen atoms in total. The number of imide groups is 1. The van der Waals surface area contributed by atoms with E-state index >= 15 is 4.79 Å². The summed E-state index contributed by atoms with van der Waals surface area (Å²) in [6.45, 7) is 19.8. The average molecular weight is 773 g/mol. The SMILES string of the molecule is C=C(C)[C@@H]1CC[C@]2(C(=O)N(Cc3ccccc3C(=O)O)C(=O)CCCCCCCCCCN)CC[C@]3(C)[C@H](CCC4[C@@]5(C)CC[C@H](O)C(C)(C)[C@@H]5CC[C@]43C)[C@@H]12. The van der Waals surface area contributed by atoms with E-state index in [1.54, 1.807) is 18.2 Å². The lowest BCUT2D eigenvalue weighted by Crippen LogP contribution is -2.67. The van der Waals surface area contributed by atoms with Gasteiger partial charge in [-0.25, -0.2) is 4.79 Å². The fourth-order valence-corrected chi connectivity index (χ4v) is 14.7. The van der Waals surface area contributed by atoms with Gasteiger partial charge in [0.25, 0.3) is 0 Å². The lowest BCUT2D eigenvalue weighted by molar-refractivity contribution is -0.247. The molecule has 5 fully saturated rings. The molecule has 0 radical (unpaired) electrons. The van der Waals surface area contributed by atoms with Crippen LogP contribution in [0.3, 0.4) is 0 Å². The molecule has 312 valence electrons. The van der Waals surface area contributed by atoms with Gasteiger partial charge in [-0.2, -0.15) is 0 Å². The molecule has 0 heterocycles. The first-order chi connectivity index (χ1) is 26.5. The molecule has 0 bridgehead atoms. The summed E-state index contributed by atoms with van der Waals surface area (Å²) in [5.74, 6) is 0.435. The van der Waals surface area contributed by atoms with Crippen molar-refractivity contribution in [1.29, 1.82) is 0 Å². The second-order valence-electron chi connectivity index (χ2n) is 20.8. The number of unbranched alkanes of at least 4 members (excludes halogenated alkanes) is 7. The van der Waals surface area contributed by atoms with Crippen LogP contribution in [0.4, 0.5) is 0 Å². The number of carboxylic acid groups (broad SMARTS) is 1. The molecule has 10 atom stereocenters. The smallest absolute Gasteiger partial charge is 0.336 e. The quantitative estimate of drug-likeness (QED) is 0.121. The van der Waals surface area contributed by atoms with E-state index < -0.39 is 11.4 Å². The number of allylic oxidation sites excluding steroid dienone is 1. The molecule has 5 aliphatic rings. The number of fused-ring (bicyclic) bond motifs is 7. The first-order valence-electron chi connectivity index (χ1n) is 22.7. The van der Waals surface area contributed by atoms with Crippen molar-refractivity contribution in [2.24, 2.45) is 62.4 Å². The average Bonchev–Trinajstić information content (AvgIpc) is 3.56. The zero-order valence-corrected chi connectivity index (χ0v) is 36.0. The molecular weight excluding hydrogens is 697 g/mol.